The van der Waals surface area contributed by atoms with Gasteiger partial charge >= 0.3 is 5.97 Å². The molecule has 1 fully saturated rings. The van der Waals surface area contributed by atoms with E-state index < -0.39 is 12.0 Å². The van der Waals surface area contributed by atoms with Gasteiger partial charge in [-0.25, -0.2) is 0 Å². The number of nitrogens with zero attached hydrogens (tertiary/aromatic N) is 1. The first-order valence-corrected chi connectivity index (χ1v) is 11.1. The number of hydrogen-bond acceptors (Lipinski definition) is 5. The molecule has 0 radical (unpaired) electrons. The van der Waals surface area contributed by atoms with Crippen LogP contribution in [0.5, 0.6) is 5.75 Å². The van der Waals surface area contributed by atoms with Gasteiger partial charge in [0.2, 0.25) is 5.91 Å². The van der Waals surface area contributed by atoms with Crippen LogP contribution < -0.4 is 10.1 Å². The molecule has 0 bridgehead atoms. The number of esters is 1. The summed E-state index contributed by atoms with van der Waals surface area (Å²) in [4.78, 5) is 39.3. The zero-order valence-electron chi connectivity index (χ0n) is 18.4. The van der Waals surface area contributed by atoms with Crippen LogP contribution in [0.4, 0.5) is 0 Å². The molecular weight excluding hydrogens is 408 g/mol. The maximum atomic E-state index is 13.1. The number of unbranched alkanes of at least 4 members (excludes halogenated alkanes) is 2. The molecule has 0 saturated carbocycles. The summed E-state index contributed by atoms with van der Waals surface area (Å²) < 4.78 is 11.0. The minimum Gasteiger partial charge on any atom is -0.494 e. The van der Waals surface area contributed by atoms with Gasteiger partial charge in [-0.15, -0.1) is 0 Å². The Morgan fingerprint density at radius 1 is 1.06 bits per heavy atom. The van der Waals surface area contributed by atoms with Crippen LogP contribution >= 0.6 is 0 Å². The van der Waals surface area contributed by atoms with Crippen LogP contribution in [0.25, 0.3) is 0 Å². The smallest absolute Gasteiger partial charge is 0.308 e. The van der Waals surface area contributed by atoms with Crippen molar-refractivity contribution in [3.63, 3.8) is 0 Å². The van der Waals surface area contributed by atoms with E-state index >= 15 is 0 Å². The van der Waals surface area contributed by atoms with Gasteiger partial charge in [-0.05, 0) is 36.2 Å². The monoisotopic (exact) mass is 438 g/mol. The highest BCUT2D eigenvalue weighted by atomic mass is 16.5. The fourth-order valence-corrected chi connectivity index (χ4v) is 3.52. The van der Waals surface area contributed by atoms with Crippen LogP contribution in [0.3, 0.4) is 0 Å². The zero-order chi connectivity index (χ0) is 22.8. The molecular formula is C25H30N2O5. The number of benzene rings is 2. The van der Waals surface area contributed by atoms with Crippen molar-refractivity contribution in [1.82, 2.24) is 10.2 Å². The van der Waals surface area contributed by atoms with Crippen LogP contribution in [-0.2, 0) is 20.9 Å². The highest BCUT2D eigenvalue weighted by Crippen LogP contribution is 2.18. The third-order valence-electron chi connectivity index (χ3n) is 5.31. The average molecular weight is 439 g/mol. The molecule has 2 amide bonds. The average Bonchev–Trinajstić information content (AvgIpc) is 2.82. The molecule has 3 rings (SSSR count). The molecule has 2 aromatic carbocycles. The van der Waals surface area contributed by atoms with Gasteiger partial charge in [-0.1, -0.05) is 50.1 Å². The Morgan fingerprint density at radius 3 is 2.53 bits per heavy atom. The minimum atomic E-state index is -0.899. The summed E-state index contributed by atoms with van der Waals surface area (Å²) in [7, 11) is 0. The quantitative estimate of drug-likeness (QED) is 0.454. The number of carbonyl (C=O) groups excluding carboxylic acids is 3. The molecule has 1 unspecified atom stereocenters. The Kier molecular flexibility index (Phi) is 8.66. The van der Waals surface area contributed by atoms with Crippen molar-refractivity contribution in [1.29, 1.82) is 0 Å². The Labute approximate surface area is 188 Å². The summed E-state index contributed by atoms with van der Waals surface area (Å²) in [5.74, 6) is -0.463. The number of rotatable bonds is 10. The van der Waals surface area contributed by atoms with Crippen LogP contribution in [0.15, 0.2) is 54.6 Å². The predicted octanol–water partition coefficient (Wildman–Crippen LogP) is 3.33. The van der Waals surface area contributed by atoms with Gasteiger partial charge in [0.1, 0.15) is 18.4 Å². The Hall–Kier alpha value is -3.35. The van der Waals surface area contributed by atoms with Gasteiger partial charge in [0.05, 0.1) is 13.0 Å². The maximum absolute atomic E-state index is 13.1. The first-order chi connectivity index (χ1) is 15.6. The third-order valence-corrected chi connectivity index (χ3v) is 5.31. The summed E-state index contributed by atoms with van der Waals surface area (Å²) in [6.07, 6.45) is 3.04. The molecule has 0 spiro atoms. The Bertz CT molecular complexity index is 898. The fraction of sp³-hybridized carbons (Fsp3) is 0.400. The molecule has 0 aromatic heterocycles. The topological polar surface area (TPSA) is 84.9 Å². The number of hydrogen-bond donors (Lipinski definition) is 1. The van der Waals surface area contributed by atoms with Crippen molar-refractivity contribution >= 4 is 17.8 Å². The Balaban J connectivity index is 1.59. The minimum absolute atomic E-state index is 0.127. The largest absolute Gasteiger partial charge is 0.494 e. The normalized spacial score (nSPS) is 15.7. The van der Waals surface area contributed by atoms with Gasteiger partial charge in [0.25, 0.3) is 5.91 Å². The van der Waals surface area contributed by atoms with Crippen molar-refractivity contribution in [3.8, 4) is 5.75 Å². The molecule has 0 aliphatic carbocycles. The second-order valence-corrected chi connectivity index (χ2v) is 7.74. The van der Waals surface area contributed by atoms with Crippen LogP contribution in [-0.4, -0.2) is 48.4 Å². The Morgan fingerprint density at radius 2 is 1.81 bits per heavy atom. The lowest BCUT2D eigenvalue weighted by Gasteiger charge is -2.34. The number of ether oxygens (including phenoxy) is 2. The number of amides is 2. The molecule has 1 aliphatic heterocycles. The number of nitrogens with one attached hydrogen (secondary N) is 1. The fourth-order valence-electron chi connectivity index (χ4n) is 3.52. The molecule has 170 valence electrons. The van der Waals surface area contributed by atoms with Crippen molar-refractivity contribution in [2.24, 2.45) is 0 Å². The van der Waals surface area contributed by atoms with E-state index in [1.165, 1.54) is 4.90 Å². The lowest BCUT2D eigenvalue weighted by atomic mass is 10.1. The zero-order valence-corrected chi connectivity index (χ0v) is 18.4. The highest BCUT2D eigenvalue weighted by Gasteiger charge is 2.35. The lowest BCUT2D eigenvalue weighted by Crippen LogP contribution is -2.57. The van der Waals surface area contributed by atoms with Crippen LogP contribution in [0.1, 0.15) is 48.5 Å². The molecule has 1 N–H and O–H groups in total. The molecule has 2 aromatic rings. The van der Waals surface area contributed by atoms with E-state index in [2.05, 4.69) is 12.2 Å². The van der Waals surface area contributed by atoms with E-state index in [0.717, 1.165) is 24.8 Å². The van der Waals surface area contributed by atoms with Crippen molar-refractivity contribution in [2.45, 2.75) is 45.3 Å². The van der Waals surface area contributed by atoms with E-state index in [1.807, 2.05) is 30.3 Å². The van der Waals surface area contributed by atoms with Gasteiger partial charge in [-0.2, -0.15) is 0 Å². The number of piperazine rings is 1. The molecule has 1 atom stereocenters. The molecule has 7 nitrogen and oxygen atoms in total. The van der Waals surface area contributed by atoms with Crippen LogP contribution in [0, 0.1) is 0 Å². The lowest BCUT2D eigenvalue weighted by molar-refractivity contribution is -0.148. The summed E-state index contributed by atoms with van der Waals surface area (Å²) >= 11 is 0. The summed E-state index contributed by atoms with van der Waals surface area (Å²) in [5.41, 5.74) is 1.31. The predicted molar refractivity (Wildman–Crippen MR) is 120 cm³/mol. The van der Waals surface area contributed by atoms with E-state index in [0.29, 0.717) is 31.0 Å². The van der Waals surface area contributed by atoms with Crippen molar-refractivity contribution < 1.29 is 23.9 Å². The van der Waals surface area contributed by atoms with E-state index in [9.17, 15) is 14.4 Å². The van der Waals surface area contributed by atoms with Crippen molar-refractivity contribution in [2.75, 3.05) is 19.7 Å². The second-order valence-electron chi connectivity index (χ2n) is 7.74. The first kappa shape index (κ1) is 23.3. The van der Waals surface area contributed by atoms with E-state index in [-0.39, 0.29) is 24.8 Å². The number of carbonyl (C=O) groups is 3. The standard InChI is InChI=1S/C25H30N2O5/c1-2-3-7-16-31-21-12-10-20(11-13-21)25(30)27-15-14-26-24(29)22(27)17-23(28)32-18-19-8-5-4-6-9-19/h4-6,8-13,22H,2-3,7,14-18H2,1H3,(H,26,29). The molecule has 1 aliphatic rings. The molecule has 1 saturated heterocycles. The second kappa shape index (κ2) is 11.9. The summed E-state index contributed by atoms with van der Waals surface area (Å²) in [6, 6.07) is 15.3. The third kappa shape index (κ3) is 6.57. The van der Waals surface area contributed by atoms with E-state index in [4.69, 9.17) is 9.47 Å². The van der Waals surface area contributed by atoms with Crippen LogP contribution in [0.2, 0.25) is 0 Å². The maximum Gasteiger partial charge on any atom is 0.308 e. The molecule has 32 heavy (non-hydrogen) atoms. The summed E-state index contributed by atoms with van der Waals surface area (Å²) in [6.45, 7) is 3.58. The first-order valence-electron chi connectivity index (χ1n) is 11.1. The van der Waals surface area contributed by atoms with Gasteiger partial charge < -0.3 is 19.7 Å². The van der Waals surface area contributed by atoms with Crippen molar-refractivity contribution in [3.05, 3.63) is 65.7 Å². The van der Waals surface area contributed by atoms with E-state index in [1.54, 1.807) is 24.3 Å². The SMILES string of the molecule is CCCCCOc1ccc(C(=O)N2CCNC(=O)C2CC(=O)OCc2ccccc2)cc1. The van der Waals surface area contributed by atoms with Gasteiger partial charge in [0.15, 0.2) is 0 Å². The molecule has 7 heteroatoms. The highest BCUT2D eigenvalue weighted by molar-refractivity contribution is 5.99. The van der Waals surface area contributed by atoms with Gasteiger partial charge in [-0.3, -0.25) is 14.4 Å². The summed E-state index contributed by atoms with van der Waals surface area (Å²) in [5, 5.41) is 2.73. The molecule has 1 heterocycles. The van der Waals surface area contributed by atoms with Gasteiger partial charge in [0, 0.05) is 18.7 Å².